The third-order valence-electron chi connectivity index (χ3n) is 22.6. The van der Waals surface area contributed by atoms with Crippen LogP contribution in [0.3, 0.4) is 0 Å². The minimum absolute atomic E-state index is 0.111. The fourth-order valence-electron chi connectivity index (χ4n) is 16.5. The molecule has 2 amide bonds. The van der Waals surface area contributed by atoms with Crippen LogP contribution < -0.4 is 20.4 Å². The van der Waals surface area contributed by atoms with E-state index in [0.717, 1.165) is 162 Å². The Morgan fingerprint density at radius 1 is 0.286 bits per heavy atom. The Hall–Kier alpha value is -12.5. The lowest BCUT2D eigenvalue weighted by molar-refractivity contribution is -0.121. The zero-order valence-electron chi connectivity index (χ0n) is 64.2. The van der Waals surface area contributed by atoms with Crippen LogP contribution in [0.2, 0.25) is 0 Å². The molecular formula is C104H96N4O4. The first-order valence-corrected chi connectivity index (χ1v) is 39.9. The smallest absolute Gasteiger partial charge is 0.227 e. The lowest BCUT2D eigenvalue weighted by Gasteiger charge is -2.48. The van der Waals surface area contributed by atoms with Gasteiger partial charge in [0.15, 0.2) is 0 Å². The van der Waals surface area contributed by atoms with Gasteiger partial charge in [-0.3, -0.25) is 9.59 Å². The van der Waals surface area contributed by atoms with Crippen molar-refractivity contribution >= 4 is 57.3 Å². The molecule has 14 aromatic rings. The second kappa shape index (κ2) is 35.1. The van der Waals surface area contributed by atoms with Crippen molar-refractivity contribution in [3.05, 3.63) is 363 Å². The molecule has 0 saturated heterocycles. The van der Waals surface area contributed by atoms with E-state index in [1.54, 1.807) is 0 Å². The van der Waals surface area contributed by atoms with Crippen LogP contribution in [0.25, 0.3) is 89.0 Å². The van der Waals surface area contributed by atoms with Crippen molar-refractivity contribution in [2.24, 2.45) is 11.8 Å². The minimum Gasteiger partial charge on any atom is -0.392 e. The fraction of sp³-hybridized carbons (Fsp3) is 0.173. The number of carbonyl (C=O) groups excluding carboxylic acids is 2. The summed E-state index contributed by atoms with van der Waals surface area (Å²) in [6, 6.07) is 123. The van der Waals surface area contributed by atoms with Gasteiger partial charge in [-0.2, -0.15) is 0 Å². The summed E-state index contributed by atoms with van der Waals surface area (Å²) in [5.41, 5.74) is 25.1. The van der Waals surface area contributed by atoms with Gasteiger partial charge in [-0.05, 0) is 199 Å². The summed E-state index contributed by atoms with van der Waals surface area (Å²) in [7, 11) is 0. The van der Waals surface area contributed by atoms with E-state index in [1.165, 1.54) is 0 Å². The predicted octanol–water partition coefficient (Wildman–Crippen LogP) is 26.9. The second-order valence-corrected chi connectivity index (χ2v) is 29.6. The Bertz CT molecular complexity index is 4900. The summed E-state index contributed by atoms with van der Waals surface area (Å²) in [5.74, 6) is -2.44. The number of unbranched alkanes of at least 4 members (excludes halogenated alkanes) is 2. The molecule has 0 heterocycles. The van der Waals surface area contributed by atoms with Crippen molar-refractivity contribution in [1.82, 2.24) is 0 Å². The van der Waals surface area contributed by atoms with Crippen molar-refractivity contribution < 1.29 is 19.8 Å². The lowest BCUT2D eigenvalue weighted by Crippen LogP contribution is -2.52. The van der Waals surface area contributed by atoms with E-state index in [9.17, 15) is 19.8 Å². The number of aliphatic hydroxyl groups excluding tert-OH is 2. The molecule has 2 unspecified atom stereocenters. The van der Waals surface area contributed by atoms with Crippen LogP contribution in [0.5, 0.6) is 0 Å². The Morgan fingerprint density at radius 2 is 0.500 bits per heavy atom. The van der Waals surface area contributed by atoms with Gasteiger partial charge in [0, 0.05) is 69.2 Å². The SMILES string of the molecule is CCCCC(CC)C(=O)Nc1cc(N(c2ccc(-c3ccccc3-c3ccccc3)cc2)c2ccc(-c3ccccc3-c3ccccc3)cc2)ccc1C1C(O)C(c2ccc(N(c3ccc(-c4ccccc4-c4ccccc4)cc3)c3ccc(-c4ccccc4-c4ccccc4)cc3)cc2NC(=O)C(CC)CCCC)C1O. The van der Waals surface area contributed by atoms with Crippen molar-refractivity contribution in [3.8, 4) is 89.0 Å². The van der Waals surface area contributed by atoms with E-state index in [2.05, 4.69) is 339 Å². The van der Waals surface area contributed by atoms with Gasteiger partial charge in [0.25, 0.3) is 0 Å². The maximum atomic E-state index is 15.0. The summed E-state index contributed by atoms with van der Waals surface area (Å²) < 4.78 is 0. The molecule has 0 bridgehead atoms. The number of hydrogen-bond donors (Lipinski definition) is 4. The Labute approximate surface area is 660 Å². The third kappa shape index (κ3) is 16.1. The third-order valence-corrected chi connectivity index (χ3v) is 22.6. The monoisotopic (exact) mass is 1460 g/mol. The van der Waals surface area contributed by atoms with Crippen LogP contribution in [0.4, 0.5) is 45.5 Å². The molecule has 556 valence electrons. The standard InChI is InChI=1S/C104H96N4O4/c1-5-9-31-71(7-3)103(111)105-97-69-85(107(81-57-49-77(50-58-81)91-45-27-23-41-87(91)73-33-15-11-16-34-73)82-59-51-78(52-60-82)92-46-28-24-42-88(92)74-35-17-12-18-36-74)65-67-95(97)99-101(109)100(102(99)110)96-68-66-86(70-98(96)106-104(112)72(8-4)32-10-6-2)108(83-61-53-79(54-62-83)93-47-29-25-43-89(93)75-37-19-13-20-38-75)84-63-55-80(56-64-84)94-48-30-26-44-90(94)76-39-21-14-22-40-76/h11-30,33-72,99-102,109-110H,5-10,31-32H2,1-4H3,(H,105,111)(H,106,112). The van der Waals surface area contributed by atoms with E-state index >= 15 is 0 Å². The van der Waals surface area contributed by atoms with Gasteiger partial charge in [-0.1, -0.05) is 332 Å². The molecule has 15 rings (SSSR count). The van der Waals surface area contributed by atoms with Crippen LogP contribution in [0.15, 0.2) is 352 Å². The molecule has 0 spiro atoms. The predicted molar refractivity (Wildman–Crippen MR) is 467 cm³/mol. The van der Waals surface area contributed by atoms with Crippen molar-refractivity contribution in [1.29, 1.82) is 0 Å². The van der Waals surface area contributed by atoms with E-state index in [-0.39, 0.29) is 23.7 Å². The Balaban J connectivity index is 0.826. The van der Waals surface area contributed by atoms with Crippen molar-refractivity contribution in [3.63, 3.8) is 0 Å². The van der Waals surface area contributed by atoms with Crippen LogP contribution in [-0.2, 0) is 9.59 Å². The Morgan fingerprint density at radius 3 is 0.723 bits per heavy atom. The summed E-state index contributed by atoms with van der Waals surface area (Å²) >= 11 is 0. The summed E-state index contributed by atoms with van der Waals surface area (Å²) in [6.45, 7) is 8.41. The van der Waals surface area contributed by atoms with E-state index in [0.29, 0.717) is 35.3 Å². The van der Waals surface area contributed by atoms with Crippen LogP contribution >= 0.6 is 0 Å². The second-order valence-electron chi connectivity index (χ2n) is 29.6. The van der Waals surface area contributed by atoms with Gasteiger partial charge >= 0.3 is 0 Å². The normalized spacial score (nSPS) is 15.0. The molecule has 0 radical (unpaired) electrons. The van der Waals surface area contributed by atoms with Gasteiger partial charge in [-0.15, -0.1) is 0 Å². The quantitative estimate of drug-likeness (QED) is 0.0389. The highest BCUT2D eigenvalue weighted by molar-refractivity contribution is 5.97. The first kappa shape index (κ1) is 75.0. The number of rotatable bonds is 28. The number of aliphatic hydroxyl groups is 2. The van der Waals surface area contributed by atoms with Gasteiger partial charge in [-0.25, -0.2) is 0 Å². The Kier molecular flexibility index (Phi) is 23.5. The van der Waals surface area contributed by atoms with Crippen LogP contribution in [0, 0.1) is 11.8 Å². The number of hydrogen-bond acceptors (Lipinski definition) is 6. The number of amides is 2. The molecule has 112 heavy (non-hydrogen) atoms. The highest BCUT2D eigenvalue weighted by atomic mass is 16.3. The molecule has 0 aliphatic heterocycles. The van der Waals surface area contributed by atoms with Gasteiger partial charge < -0.3 is 30.6 Å². The number of benzene rings is 14. The first-order chi connectivity index (χ1) is 55.1. The zero-order valence-corrected chi connectivity index (χ0v) is 64.2. The highest BCUT2D eigenvalue weighted by Crippen LogP contribution is 2.54. The molecule has 14 aromatic carbocycles. The first-order valence-electron chi connectivity index (χ1n) is 39.9. The molecule has 8 heteroatoms. The number of carbonyl (C=O) groups is 2. The summed E-state index contributed by atoms with van der Waals surface area (Å²) in [5, 5.41) is 33.3. The van der Waals surface area contributed by atoms with Crippen LogP contribution in [-0.4, -0.2) is 34.2 Å². The van der Waals surface area contributed by atoms with E-state index in [1.807, 2.05) is 60.7 Å². The number of nitrogens with zero attached hydrogens (tertiary/aromatic N) is 2. The highest BCUT2D eigenvalue weighted by Gasteiger charge is 2.52. The molecule has 1 aliphatic carbocycles. The van der Waals surface area contributed by atoms with Gasteiger partial charge in [0.2, 0.25) is 11.8 Å². The van der Waals surface area contributed by atoms with Crippen LogP contribution in [0.1, 0.15) is 102 Å². The van der Waals surface area contributed by atoms with E-state index in [4.69, 9.17) is 0 Å². The maximum Gasteiger partial charge on any atom is 0.227 e. The molecular weight excluding hydrogens is 1370 g/mol. The van der Waals surface area contributed by atoms with Gasteiger partial charge in [0.05, 0.1) is 12.2 Å². The molecule has 1 aliphatic rings. The number of anilines is 8. The van der Waals surface area contributed by atoms with Gasteiger partial charge in [0.1, 0.15) is 0 Å². The summed E-state index contributed by atoms with van der Waals surface area (Å²) in [4.78, 5) is 34.4. The number of nitrogens with one attached hydrogen (secondary N) is 2. The maximum absolute atomic E-state index is 15.0. The molecule has 2 atom stereocenters. The molecule has 4 N–H and O–H groups in total. The molecule has 1 fully saturated rings. The average Bonchev–Trinajstić information content (AvgIpc) is 0.728. The summed E-state index contributed by atoms with van der Waals surface area (Å²) in [6.07, 6.45) is 4.12. The minimum atomic E-state index is -1.15. The topological polar surface area (TPSA) is 105 Å². The van der Waals surface area contributed by atoms with Crippen molar-refractivity contribution in [2.45, 2.75) is 103 Å². The average molecular weight is 1470 g/mol. The molecule has 8 nitrogen and oxygen atoms in total. The largest absolute Gasteiger partial charge is 0.392 e. The van der Waals surface area contributed by atoms with Crippen molar-refractivity contribution in [2.75, 3.05) is 20.4 Å². The lowest BCUT2D eigenvalue weighted by atomic mass is 9.62. The fourth-order valence-corrected chi connectivity index (χ4v) is 16.5. The zero-order chi connectivity index (χ0) is 76.9. The van der Waals surface area contributed by atoms with E-state index < -0.39 is 24.0 Å². The molecule has 1 saturated carbocycles. The molecule has 0 aromatic heterocycles.